The lowest BCUT2D eigenvalue weighted by atomic mass is 10.2. The summed E-state index contributed by atoms with van der Waals surface area (Å²) in [5.74, 6) is 0.301. The molecule has 0 aliphatic carbocycles. The van der Waals surface area contributed by atoms with Gasteiger partial charge < -0.3 is 14.8 Å². The number of aromatic amines is 1. The van der Waals surface area contributed by atoms with E-state index >= 15 is 0 Å². The first-order chi connectivity index (χ1) is 10.1. The molecule has 1 aromatic heterocycles. The number of ether oxygens (including phenoxy) is 1. The number of carboxylic acid groups (broad SMARTS) is 1. The number of rotatable bonds is 4. The summed E-state index contributed by atoms with van der Waals surface area (Å²) >= 11 is 0. The highest BCUT2D eigenvalue weighted by Gasteiger charge is 2.12. The zero-order valence-corrected chi connectivity index (χ0v) is 11.4. The Balaban J connectivity index is 1.85. The number of nitrogens with zero attached hydrogens (tertiary/aromatic N) is 1. The summed E-state index contributed by atoms with van der Waals surface area (Å²) in [6.45, 7) is 1.50. The molecule has 1 heterocycles. The molecule has 2 N–H and O–H groups in total. The third-order valence-electron chi connectivity index (χ3n) is 3.18. The van der Waals surface area contributed by atoms with Crippen LogP contribution in [0, 0.1) is 0 Å². The minimum Gasteiger partial charge on any atom is -0.479 e. The van der Waals surface area contributed by atoms with Gasteiger partial charge in [-0.2, -0.15) is 0 Å². The monoisotopic (exact) mass is 282 g/mol. The van der Waals surface area contributed by atoms with Crippen LogP contribution in [-0.4, -0.2) is 27.1 Å². The Labute approximate surface area is 121 Å². The molecule has 0 aliphatic rings. The summed E-state index contributed by atoms with van der Waals surface area (Å²) in [6.07, 6.45) is -0.873. The van der Waals surface area contributed by atoms with Gasteiger partial charge in [0.15, 0.2) is 6.10 Å². The lowest BCUT2D eigenvalue weighted by molar-refractivity contribution is -0.144. The molecule has 0 bridgehead atoms. The van der Waals surface area contributed by atoms with Gasteiger partial charge in [-0.15, -0.1) is 0 Å². The quantitative estimate of drug-likeness (QED) is 0.771. The van der Waals surface area contributed by atoms with Gasteiger partial charge in [0.2, 0.25) is 0 Å². The second kappa shape index (κ2) is 5.28. The van der Waals surface area contributed by atoms with E-state index in [-0.39, 0.29) is 0 Å². The van der Waals surface area contributed by atoms with E-state index in [2.05, 4.69) is 9.97 Å². The first-order valence-electron chi connectivity index (χ1n) is 6.58. The molecule has 1 atom stereocenters. The van der Waals surface area contributed by atoms with E-state index in [1.165, 1.54) is 6.92 Å². The molecule has 0 saturated carbocycles. The fourth-order valence-electron chi connectivity index (χ4n) is 2.04. The average Bonchev–Trinajstić information content (AvgIpc) is 2.91. The minimum absolute atomic E-state index is 0.518. The van der Waals surface area contributed by atoms with Crippen LogP contribution in [0.1, 0.15) is 6.92 Å². The number of imidazole rings is 1. The highest BCUT2D eigenvalue weighted by molar-refractivity contribution is 5.79. The highest BCUT2D eigenvalue weighted by atomic mass is 16.5. The molecule has 0 radical (unpaired) electrons. The van der Waals surface area contributed by atoms with E-state index in [4.69, 9.17) is 9.84 Å². The second-order valence-electron chi connectivity index (χ2n) is 4.73. The number of aromatic nitrogens is 2. The molecule has 0 saturated heterocycles. The van der Waals surface area contributed by atoms with Gasteiger partial charge in [-0.1, -0.05) is 12.1 Å². The highest BCUT2D eigenvalue weighted by Crippen LogP contribution is 2.23. The summed E-state index contributed by atoms with van der Waals surface area (Å²) in [5.41, 5.74) is 2.81. The number of para-hydroxylation sites is 2. The summed E-state index contributed by atoms with van der Waals surface area (Å²) in [6, 6.07) is 15.0. The molecule has 106 valence electrons. The lowest BCUT2D eigenvalue weighted by Crippen LogP contribution is -2.22. The van der Waals surface area contributed by atoms with Crippen LogP contribution in [-0.2, 0) is 4.79 Å². The van der Waals surface area contributed by atoms with Crippen LogP contribution in [0.2, 0.25) is 0 Å². The van der Waals surface area contributed by atoms with Gasteiger partial charge in [0.05, 0.1) is 11.0 Å². The van der Waals surface area contributed by atoms with Crippen molar-refractivity contribution in [1.29, 1.82) is 0 Å². The molecule has 0 spiro atoms. The normalized spacial score (nSPS) is 12.2. The molecule has 3 aromatic rings. The summed E-state index contributed by atoms with van der Waals surface area (Å²) in [7, 11) is 0. The Morgan fingerprint density at radius 2 is 1.90 bits per heavy atom. The molecule has 0 fully saturated rings. The molecule has 2 aromatic carbocycles. The van der Waals surface area contributed by atoms with Crippen molar-refractivity contribution in [3.63, 3.8) is 0 Å². The van der Waals surface area contributed by atoms with Gasteiger partial charge >= 0.3 is 5.97 Å². The Hall–Kier alpha value is -2.82. The van der Waals surface area contributed by atoms with Crippen LogP contribution in [0.4, 0.5) is 0 Å². The predicted octanol–water partition coefficient (Wildman–Crippen LogP) is 3.08. The van der Waals surface area contributed by atoms with Crippen molar-refractivity contribution in [3.05, 3.63) is 48.5 Å². The van der Waals surface area contributed by atoms with Crippen LogP contribution in [0.25, 0.3) is 22.4 Å². The number of hydrogen-bond acceptors (Lipinski definition) is 3. The van der Waals surface area contributed by atoms with Gasteiger partial charge in [-0.25, -0.2) is 9.78 Å². The maximum absolute atomic E-state index is 10.8. The molecule has 3 rings (SSSR count). The number of hydrogen-bond donors (Lipinski definition) is 2. The van der Waals surface area contributed by atoms with E-state index in [0.29, 0.717) is 5.75 Å². The Kier molecular flexibility index (Phi) is 3.31. The molecule has 1 unspecified atom stereocenters. The first-order valence-corrected chi connectivity index (χ1v) is 6.58. The molecular formula is C16H14N2O3. The van der Waals surface area contributed by atoms with E-state index in [1.54, 1.807) is 12.1 Å². The van der Waals surface area contributed by atoms with Crippen molar-refractivity contribution in [2.45, 2.75) is 13.0 Å². The van der Waals surface area contributed by atoms with Crippen LogP contribution in [0.3, 0.4) is 0 Å². The topological polar surface area (TPSA) is 75.2 Å². The van der Waals surface area contributed by atoms with Gasteiger partial charge in [-0.3, -0.25) is 0 Å². The molecule has 21 heavy (non-hydrogen) atoms. The molecule has 0 amide bonds. The summed E-state index contributed by atoms with van der Waals surface area (Å²) in [5, 5.41) is 8.82. The van der Waals surface area contributed by atoms with Crippen molar-refractivity contribution in [3.8, 4) is 17.1 Å². The van der Waals surface area contributed by atoms with E-state index < -0.39 is 12.1 Å². The van der Waals surface area contributed by atoms with Crippen molar-refractivity contribution < 1.29 is 14.6 Å². The first kappa shape index (κ1) is 13.2. The number of H-pyrrole nitrogens is 1. The van der Waals surface area contributed by atoms with Crippen molar-refractivity contribution in [2.24, 2.45) is 0 Å². The molecule has 0 aliphatic heterocycles. The lowest BCUT2D eigenvalue weighted by Gasteiger charge is -2.10. The Morgan fingerprint density at radius 3 is 2.57 bits per heavy atom. The maximum atomic E-state index is 10.8. The average molecular weight is 282 g/mol. The van der Waals surface area contributed by atoms with Crippen molar-refractivity contribution in [2.75, 3.05) is 0 Å². The zero-order chi connectivity index (χ0) is 14.8. The zero-order valence-electron chi connectivity index (χ0n) is 11.4. The standard InChI is InChI=1S/C16H14N2O3/c1-10(16(19)20)21-12-8-6-11(7-9-12)15-17-13-4-2-3-5-14(13)18-15/h2-10H,1H3,(H,17,18)(H,19,20). The molecule has 5 heteroatoms. The maximum Gasteiger partial charge on any atom is 0.344 e. The number of carbonyl (C=O) groups is 1. The van der Waals surface area contributed by atoms with E-state index in [1.807, 2.05) is 36.4 Å². The largest absolute Gasteiger partial charge is 0.479 e. The summed E-state index contributed by atoms with van der Waals surface area (Å²) < 4.78 is 5.30. The Bertz CT molecular complexity index is 745. The van der Waals surface area contributed by atoms with Crippen LogP contribution < -0.4 is 4.74 Å². The molecular weight excluding hydrogens is 268 g/mol. The smallest absolute Gasteiger partial charge is 0.344 e. The van der Waals surface area contributed by atoms with Gasteiger partial charge in [0.25, 0.3) is 0 Å². The molecule has 5 nitrogen and oxygen atoms in total. The predicted molar refractivity (Wildman–Crippen MR) is 79.3 cm³/mol. The van der Waals surface area contributed by atoms with Crippen LogP contribution in [0.15, 0.2) is 48.5 Å². The SMILES string of the molecule is CC(Oc1ccc(-c2nc3ccccc3[nH]2)cc1)C(=O)O. The van der Waals surface area contributed by atoms with Crippen molar-refractivity contribution in [1.82, 2.24) is 9.97 Å². The van der Waals surface area contributed by atoms with Gasteiger partial charge in [-0.05, 0) is 43.3 Å². The van der Waals surface area contributed by atoms with Gasteiger partial charge in [0, 0.05) is 5.56 Å². The van der Waals surface area contributed by atoms with E-state index in [0.717, 1.165) is 22.4 Å². The van der Waals surface area contributed by atoms with Crippen LogP contribution >= 0.6 is 0 Å². The van der Waals surface area contributed by atoms with Gasteiger partial charge in [0.1, 0.15) is 11.6 Å². The third kappa shape index (κ3) is 2.72. The van der Waals surface area contributed by atoms with Crippen molar-refractivity contribution >= 4 is 17.0 Å². The number of nitrogens with one attached hydrogen (secondary N) is 1. The number of aliphatic carboxylic acids is 1. The third-order valence-corrected chi connectivity index (χ3v) is 3.18. The number of carboxylic acids is 1. The number of fused-ring (bicyclic) bond motifs is 1. The fraction of sp³-hybridized carbons (Fsp3) is 0.125. The van der Waals surface area contributed by atoms with Crippen LogP contribution in [0.5, 0.6) is 5.75 Å². The number of benzene rings is 2. The second-order valence-corrected chi connectivity index (χ2v) is 4.73. The van der Waals surface area contributed by atoms with E-state index in [9.17, 15) is 4.79 Å². The summed E-state index contributed by atoms with van der Waals surface area (Å²) in [4.78, 5) is 18.5. The Morgan fingerprint density at radius 1 is 1.19 bits per heavy atom. The fourth-order valence-corrected chi connectivity index (χ4v) is 2.04. The minimum atomic E-state index is -0.989.